The average Bonchev–Trinajstić information content (AvgIpc) is 3.10. The summed E-state index contributed by atoms with van der Waals surface area (Å²) in [6.45, 7) is 3.27. The number of fused-ring (bicyclic) bond motifs is 1. The summed E-state index contributed by atoms with van der Waals surface area (Å²) < 4.78 is 0. The Labute approximate surface area is 135 Å². The van der Waals surface area contributed by atoms with Gasteiger partial charge in [0, 0.05) is 44.0 Å². The highest BCUT2D eigenvalue weighted by atomic mass is 16.2. The predicted octanol–water partition coefficient (Wildman–Crippen LogP) is 1.26. The number of H-pyrrole nitrogens is 1. The summed E-state index contributed by atoms with van der Waals surface area (Å²) in [4.78, 5) is 21.5. The van der Waals surface area contributed by atoms with Crippen LogP contribution in [0.3, 0.4) is 0 Å². The minimum atomic E-state index is 0.113. The summed E-state index contributed by atoms with van der Waals surface area (Å²) in [6, 6.07) is 5.96. The van der Waals surface area contributed by atoms with Crippen molar-refractivity contribution in [3.8, 4) is 0 Å². The van der Waals surface area contributed by atoms with Crippen molar-refractivity contribution in [3.05, 3.63) is 41.9 Å². The van der Waals surface area contributed by atoms with E-state index in [-0.39, 0.29) is 5.92 Å². The Morgan fingerprint density at radius 1 is 1.22 bits per heavy atom. The summed E-state index contributed by atoms with van der Waals surface area (Å²) in [5.41, 5.74) is 2.41. The topological polar surface area (TPSA) is 65.1 Å². The van der Waals surface area contributed by atoms with Gasteiger partial charge in [-0.3, -0.25) is 9.89 Å². The lowest BCUT2D eigenvalue weighted by Gasteiger charge is -2.37. The molecule has 1 atom stereocenters. The van der Waals surface area contributed by atoms with E-state index in [1.54, 1.807) is 0 Å². The molecule has 0 aromatic carbocycles. The monoisotopic (exact) mass is 311 g/mol. The number of piperazine rings is 1. The molecule has 3 heterocycles. The first-order valence-corrected chi connectivity index (χ1v) is 8.27. The number of anilines is 1. The SMILES string of the molecule is O=C([C@H]1CCc2[nH]ncc2C1)N1CCN(c2ccccn2)CC1. The summed E-state index contributed by atoms with van der Waals surface area (Å²) in [5.74, 6) is 1.42. The third kappa shape index (κ3) is 2.81. The molecule has 1 aliphatic heterocycles. The number of aromatic amines is 1. The molecule has 1 aliphatic carbocycles. The van der Waals surface area contributed by atoms with E-state index >= 15 is 0 Å². The molecule has 1 saturated heterocycles. The van der Waals surface area contributed by atoms with Crippen LogP contribution >= 0.6 is 0 Å². The van der Waals surface area contributed by atoms with E-state index in [0.29, 0.717) is 5.91 Å². The van der Waals surface area contributed by atoms with Gasteiger partial charge in [-0.05, 0) is 37.0 Å². The van der Waals surface area contributed by atoms with Crippen molar-refractivity contribution in [1.29, 1.82) is 0 Å². The molecule has 2 aromatic rings. The van der Waals surface area contributed by atoms with Crippen LogP contribution < -0.4 is 4.90 Å². The molecular formula is C17H21N5O. The number of carbonyl (C=O) groups excluding carboxylic acids is 1. The molecule has 2 aliphatic rings. The van der Waals surface area contributed by atoms with Crippen LogP contribution in [0.2, 0.25) is 0 Å². The van der Waals surface area contributed by atoms with Gasteiger partial charge in [0.15, 0.2) is 0 Å². The highest BCUT2D eigenvalue weighted by molar-refractivity contribution is 5.79. The number of carbonyl (C=O) groups is 1. The first-order chi connectivity index (χ1) is 11.3. The predicted molar refractivity (Wildman–Crippen MR) is 87.1 cm³/mol. The van der Waals surface area contributed by atoms with E-state index < -0.39 is 0 Å². The van der Waals surface area contributed by atoms with Crippen LogP contribution in [0.5, 0.6) is 0 Å². The van der Waals surface area contributed by atoms with Gasteiger partial charge in [0.05, 0.1) is 6.20 Å². The van der Waals surface area contributed by atoms with E-state index in [2.05, 4.69) is 20.1 Å². The standard InChI is InChI=1S/C17H21N5O/c23-17(13-4-5-15-14(11-13)12-19-20-15)22-9-7-21(8-10-22)16-3-1-2-6-18-16/h1-3,6,12-13H,4-5,7-11H2,(H,19,20)/t13-/m0/s1. The number of rotatable bonds is 2. The molecular weight excluding hydrogens is 290 g/mol. The molecule has 2 aromatic heterocycles. The lowest BCUT2D eigenvalue weighted by molar-refractivity contribution is -0.136. The Hall–Kier alpha value is -2.37. The molecule has 0 radical (unpaired) electrons. The molecule has 0 bridgehead atoms. The van der Waals surface area contributed by atoms with Crippen molar-refractivity contribution in [3.63, 3.8) is 0 Å². The number of hydrogen-bond acceptors (Lipinski definition) is 4. The fourth-order valence-corrected chi connectivity index (χ4v) is 3.58. The maximum atomic E-state index is 12.8. The van der Waals surface area contributed by atoms with Crippen molar-refractivity contribution >= 4 is 11.7 Å². The van der Waals surface area contributed by atoms with Gasteiger partial charge >= 0.3 is 0 Å². The third-order valence-corrected chi connectivity index (χ3v) is 4.93. The highest BCUT2D eigenvalue weighted by Gasteiger charge is 2.31. The van der Waals surface area contributed by atoms with Gasteiger partial charge < -0.3 is 9.80 Å². The van der Waals surface area contributed by atoms with E-state index in [0.717, 1.165) is 51.3 Å². The van der Waals surface area contributed by atoms with Crippen molar-refractivity contribution in [2.75, 3.05) is 31.1 Å². The van der Waals surface area contributed by atoms with Crippen LogP contribution in [-0.2, 0) is 17.6 Å². The Morgan fingerprint density at radius 2 is 2.09 bits per heavy atom. The maximum Gasteiger partial charge on any atom is 0.226 e. The lowest BCUT2D eigenvalue weighted by atomic mass is 9.87. The second-order valence-electron chi connectivity index (χ2n) is 6.31. The fourth-order valence-electron chi connectivity index (χ4n) is 3.58. The molecule has 0 spiro atoms. The van der Waals surface area contributed by atoms with Gasteiger partial charge in [-0.15, -0.1) is 0 Å². The Balaban J connectivity index is 1.36. The number of amides is 1. The number of aryl methyl sites for hydroxylation is 1. The van der Waals surface area contributed by atoms with Crippen molar-refractivity contribution in [2.45, 2.75) is 19.3 Å². The van der Waals surface area contributed by atoms with Crippen LogP contribution in [0.1, 0.15) is 17.7 Å². The van der Waals surface area contributed by atoms with E-state index in [9.17, 15) is 4.79 Å². The fraction of sp³-hybridized carbons (Fsp3) is 0.471. The minimum Gasteiger partial charge on any atom is -0.353 e. The average molecular weight is 311 g/mol. The summed E-state index contributed by atoms with van der Waals surface area (Å²) >= 11 is 0. The van der Waals surface area contributed by atoms with Crippen LogP contribution in [-0.4, -0.2) is 52.2 Å². The third-order valence-electron chi connectivity index (χ3n) is 4.93. The van der Waals surface area contributed by atoms with Gasteiger partial charge in [0.2, 0.25) is 5.91 Å². The summed E-state index contributed by atoms with van der Waals surface area (Å²) in [5, 5.41) is 7.12. The Kier molecular flexibility index (Phi) is 3.73. The number of pyridine rings is 1. The number of hydrogen-bond donors (Lipinski definition) is 1. The second-order valence-corrected chi connectivity index (χ2v) is 6.31. The van der Waals surface area contributed by atoms with Crippen LogP contribution in [0, 0.1) is 5.92 Å². The molecule has 0 saturated carbocycles. The van der Waals surface area contributed by atoms with E-state index in [4.69, 9.17) is 0 Å². The largest absolute Gasteiger partial charge is 0.353 e. The molecule has 1 amide bonds. The van der Waals surface area contributed by atoms with Crippen molar-refractivity contribution in [2.24, 2.45) is 5.92 Å². The normalized spacial score (nSPS) is 21.1. The summed E-state index contributed by atoms with van der Waals surface area (Å²) in [6.07, 6.45) is 6.37. The number of nitrogens with one attached hydrogen (secondary N) is 1. The van der Waals surface area contributed by atoms with Gasteiger partial charge in [0.1, 0.15) is 5.82 Å². The minimum absolute atomic E-state index is 0.113. The molecule has 6 nitrogen and oxygen atoms in total. The van der Waals surface area contributed by atoms with Gasteiger partial charge in [-0.1, -0.05) is 6.07 Å². The molecule has 6 heteroatoms. The van der Waals surface area contributed by atoms with Gasteiger partial charge in [-0.2, -0.15) is 5.10 Å². The van der Waals surface area contributed by atoms with Gasteiger partial charge in [0.25, 0.3) is 0 Å². The van der Waals surface area contributed by atoms with Crippen LogP contribution in [0.15, 0.2) is 30.6 Å². The number of nitrogens with zero attached hydrogens (tertiary/aromatic N) is 4. The Bertz CT molecular complexity index is 675. The first-order valence-electron chi connectivity index (χ1n) is 8.27. The number of aromatic nitrogens is 3. The van der Waals surface area contributed by atoms with E-state index in [1.165, 1.54) is 11.3 Å². The molecule has 0 unspecified atom stereocenters. The molecule has 23 heavy (non-hydrogen) atoms. The summed E-state index contributed by atoms with van der Waals surface area (Å²) in [7, 11) is 0. The maximum absolute atomic E-state index is 12.8. The zero-order valence-corrected chi connectivity index (χ0v) is 13.1. The molecule has 120 valence electrons. The molecule has 1 N–H and O–H groups in total. The van der Waals surface area contributed by atoms with Gasteiger partial charge in [-0.25, -0.2) is 4.98 Å². The zero-order chi connectivity index (χ0) is 15.6. The molecule has 1 fully saturated rings. The van der Waals surface area contributed by atoms with Crippen LogP contribution in [0.25, 0.3) is 0 Å². The quantitative estimate of drug-likeness (QED) is 0.907. The molecule has 4 rings (SSSR count). The van der Waals surface area contributed by atoms with E-state index in [1.807, 2.05) is 35.5 Å². The smallest absolute Gasteiger partial charge is 0.226 e. The van der Waals surface area contributed by atoms with Crippen molar-refractivity contribution in [1.82, 2.24) is 20.1 Å². The second kappa shape index (κ2) is 6.02. The zero-order valence-electron chi connectivity index (χ0n) is 13.1. The highest BCUT2D eigenvalue weighted by Crippen LogP contribution is 2.26. The lowest BCUT2D eigenvalue weighted by Crippen LogP contribution is -2.51. The first kappa shape index (κ1) is 14.2. The van der Waals surface area contributed by atoms with Crippen molar-refractivity contribution < 1.29 is 4.79 Å². The van der Waals surface area contributed by atoms with Crippen LogP contribution in [0.4, 0.5) is 5.82 Å². The Morgan fingerprint density at radius 3 is 2.87 bits per heavy atom.